The van der Waals surface area contributed by atoms with Crippen LogP contribution < -0.4 is 22.5 Å². The molecular formula is C44H81ClN6O7. The van der Waals surface area contributed by atoms with Crippen LogP contribution in [0.15, 0.2) is 0 Å². The second-order valence-electron chi connectivity index (χ2n) is 20.4. The number of likely N-dealkylation sites (tertiary alicyclic amines) is 2. The molecule has 2 aliphatic heterocycles. The molecule has 0 aromatic heterocycles. The fourth-order valence-electron chi connectivity index (χ4n) is 13.4. The number of likely N-dealkylation sites (N-methyl/N-ethyl adjacent to an activating group) is 2. The standard InChI is InChI=1S/C21H35N3O3.C13H21NO2.C8H16N2O2.2CH4.ClH/c1-19(2)20(8-5-9-20)21(19)11-15(24(3)12-21)18(27)23-14(16(25)17(22)26)10-13-6-4-7-13;1-11(2)12(5-4-6-12)13(11)7-9(10(15)16)14(3)8-13;9-6(7(11)8(10)12)4-5-2-1-3-5;;;/h13-16,25H,4-12H2,1-3H3,(H2,22,26)(H,23,27);9H,4-8H2,1-3H3,(H,15,16);5-7,11H,1-4,9H2,(H2,10,12);2*1H4;1H/t14?,15-,16?,21+;9-,13+;;;;/m00..../s1. The molecule has 58 heavy (non-hydrogen) atoms. The summed E-state index contributed by atoms with van der Waals surface area (Å²) in [5.74, 6) is -1.12. The molecule has 6 saturated carbocycles. The van der Waals surface area contributed by atoms with Gasteiger partial charge in [0.05, 0.1) is 12.1 Å². The highest BCUT2D eigenvalue weighted by atomic mass is 35.5. The first-order valence-corrected chi connectivity index (χ1v) is 21.3. The molecule has 8 aliphatic rings. The van der Waals surface area contributed by atoms with Crippen molar-refractivity contribution in [3.63, 3.8) is 0 Å². The van der Waals surface area contributed by atoms with Gasteiger partial charge in [0.2, 0.25) is 17.7 Å². The van der Waals surface area contributed by atoms with Crippen molar-refractivity contribution in [2.24, 2.45) is 61.5 Å². The molecule has 4 spiro atoms. The van der Waals surface area contributed by atoms with E-state index in [1.807, 2.05) is 14.1 Å². The predicted octanol–water partition coefficient (Wildman–Crippen LogP) is 4.42. The van der Waals surface area contributed by atoms with Crippen molar-refractivity contribution in [3.05, 3.63) is 0 Å². The van der Waals surface area contributed by atoms with Crippen molar-refractivity contribution in [1.29, 1.82) is 0 Å². The number of fused-ring (bicyclic) bond motifs is 2. The van der Waals surface area contributed by atoms with Gasteiger partial charge >= 0.3 is 5.97 Å². The number of nitrogens with one attached hydrogen (secondary N) is 1. The van der Waals surface area contributed by atoms with E-state index in [9.17, 15) is 29.4 Å². The van der Waals surface area contributed by atoms with Crippen LogP contribution in [0.5, 0.6) is 0 Å². The normalized spacial score (nSPS) is 33.5. The van der Waals surface area contributed by atoms with Gasteiger partial charge in [0, 0.05) is 19.1 Å². The average molecular weight is 842 g/mol. The number of nitrogens with zero attached hydrogens (tertiary/aromatic N) is 2. The maximum Gasteiger partial charge on any atom is 0.320 e. The van der Waals surface area contributed by atoms with Crippen LogP contribution in [0.25, 0.3) is 0 Å². The van der Waals surface area contributed by atoms with E-state index in [2.05, 4.69) is 42.8 Å². The van der Waals surface area contributed by atoms with E-state index in [1.165, 1.54) is 64.2 Å². The number of aliphatic hydroxyl groups excluding tert-OH is 2. The minimum Gasteiger partial charge on any atom is -0.480 e. The summed E-state index contributed by atoms with van der Waals surface area (Å²) in [6, 6.07) is -1.49. The number of aliphatic hydroxyl groups is 2. The molecule has 0 bridgehead atoms. The Kier molecular flexibility index (Phi) is 15.4. The number of aliphatic carboxylic acids is 1. The predicted molar refractivity (Wildman–Crippen MR) is 230 cm³/mol. The van der Waals surface area contributed by atoms with Gasteiger partial charge in [-0.05, 0) is 110 Å². The van der Waals surface area contributed by atoms with E-state index in [4.69, 9.17) is 22.3 Å². The molecule has 13 nitrogen and oxygen atoms in total. The maximum atomic E-state index is 13.1. The zero-order chi connectivity index (χ0) is 40.5. The van der Waals surface area contributed by atoms with Crippen LogP contribution >= 0.6 is 12.4 Å². The SMILES string of the molecule is C.C.CN1C[C@]2(C[C@H]1C(=O)NC(CC1CCC1)C(O)C(N)=O)C(C)(C)C21CCC1.CN1C[C@]2(C[C@H]1C(=O)O)C(C)(C)C21CCC1.Cl.NC(=O)C(O)C(N)CC1CCC1. The van der Waals surface area contributed by atoms with Gasteiger partial charge in [-0.2, -0.15) is 0 Å². The summed E-state index contributed by atoms with van der Waals surface area (Å²) < 4.78 is 0. The lowest BCUT2D eigenvalue weighted by Crippen LogP contribution is -2.54. The second kappa shape index (κ2) is 17.8. The van der Waals surface area contributed by atoms with E-state index >= 15 is 0 Å². The number of carboxylic acids is 1. The van der Waals surface area contributed by atoms with Gasteiger partial charge in [-0.3, -0.25) is 29.0 Å². The second-order valence-corrected chi connectivity index (χ2v) is 20.4. The summed E-state index contributed by atoms with van der Waals surface area (Å²) in [4.78, 5) is 50.6. The third kappa shape index (κ3) is 7.73. The smallest absolute Gasteiger partial charge is 0.320 e. The number of hydrogen-bond acceptors (Lipinski definition) is 9. The highest BCUT2D eigenvalue weighted by Gasteiger charge is 2.85. The van der Waals surface area contributed by atoms with Crippen LogP contribution in [0.3, 0.4) is 0 Å². The van der Waals surface area contributed by atoms with Crippen LogP contribution in [-0.4, -0.2) is 112 Å². The maximum absolute atomic E-state index is 13.1. The van der Waals surface area contributed by atoms with Crippen LogP contribution in [0.2, 0.25) is 0 Å². The molecule has 0 aromatic rings. The lowest BCUT2D eigenvalue weighted by molar-refractivity contribution is -0.141. The van der Waals surface area contributed by atoms with Gasteiger partial charge in [-0.15, -0.1) is 12.4 Å². The van der Waals surface area contributed by atoms with Gasteiger partial charge < -0.3 is 37.8 Å². The number of carbonyl (C=O) groups is 4. The van der Waals surface area contributed by atoms with E-state index in [0.29, 0.717) is 51.8 Å². The molecule has 2 heterocycles. The number of carboxylic acid groups (broad SMARTS) is 1. The van der Waals surface area contributed by atoms with Gasteiger partial charge in [0.15, 0.2) is 6.10 Å². The highest BCUT2D eigenvalue weighted by molar-refractivity contribution is 5.85. The summed E-state index contributed by atoms with van der Waals surface area (Å²) >= 11 is 0. The Bertz CT molecular complexity index is 1500. The molecule has 10 N–H and O–H groups in total. The Morgan fingerprint density at radius 3 is 1.38 bits per heavy atom. The van der Waals surface area contributed by atoms with Crippen LogP contribution in [0.4, 0.5) is 0 Å². The Morgan fingerprint density at radius 1 is 0.672 bits per heavy atom. The molecule has 14 heteroatoms. The molecule has 3 amide bonds. The van der Waals surface area contributed by atoms with Crippen molar-refractivity contribution in [1.82, 2.24) is 15.1 Å². The van der Waals surface area contributed by atoms with Gasteiger partial charge in [-0.1, -0.05) is 93.9 Å². The summed E-state index contributed by atoms with van der Waals surface area (Å²) in [7, 11) is 4.00. The van der Waals surface area contributed by atoms with Gasteiger partial charge in [-0.25, -0.2) is 0 Å². The quantitative estimate of drug-likeness (QED) is 0.155. The van der Waals surface area contributed by atoms with Crippen molar-refractivity contribution in [2.75, 3.05) is 27.2 Å². The lowest BCUT2D eigenvalue weighted by Gasteiger charge is -2.32. The summed E-state index contributed by atoms with van der Waals surface area (Å²) in [5, 5.41) is 31.6. The van der Waals surface area contributed by atoms with E-state index < -0.39 is 42.1 Å². The molecule has 0 aromatic carbocycles. The highest BCUT2D eigenvalue weighted by Crippen LogP contribution is 2.89. The average Bonchev–Trinajstić information content (AvgIpc) is 3.35. The Balaban J connectivity index is 0.000000249. The molecule has 8 rings (SSSR count). The van der Waals surface area contributed by atoms with E-state index in [1.54, 1.807) is 0 Å². The van der Waals surface area contributed by atoms with Gasteiger partial charge in [0.1, 0.15) is 12.1 Å². The number of carbonyl (C=O) groups excluding carboxylic acids is 3. The number of rotatable bonds is 11. The van der Waals surface area contributed by atoms with E-state index in [-0.39, 0.29) is 50.7 Å². The minimum atomic E-state index is -1.31. The zero-order valence-electron chi connectivity index (χ0n) is 34.9. The Hall–Kier alpha value is -2.03. The van der Waals surface area contributed by atoms with Gasteiger partial charge in [0.25, 0.3) is 0 Å². The van der Waals surface area contributed by atoms with Crippen LogP contribution in [0.1, 0.15) is 145 Å². The first-order valence-electron chi connectivity index (χ1n) is 21.3. The fourth-order valence-corrected chi connectivity index (χ4v) is 13.4. The van der Waals surface area contributed by atoms with Crippen molar-refractivity contribution in [2.45, 2.75) is 182 Å². The molecular weight excluding hydrogens is 760 g/mol. The number of halogens is 1. The number of nitrogens with two attached hydrogens (primary N) is 3. The number of amides is 3. The minimum absolute atomic E-state index is 0. The number of hydrogen-bond donors (Lipinski definition) is 7. The summed E-state index contributed by atoms with van der Waals surface area (Å²) in [6.07, 6.45) is 15.4. The fraction of sp³-hybridized carbons (Fsp3) is 0.909. The largest absolute Gasteiger partial charge is 0.480 e. The molecule has 8 atom stereocenters. The van der Waals surface area contributed by atoms with E-state index in [0.717, 1.165) is 38.8 Å². The van der Waals surface area contributed by atoms with Crippen LogP contribution in [-0.2, 0) is 19.2 Å². The van der Waals surface area contributed by atoms with Crippen molar-refractivity contribution < 1.29 is 34.5 Å². The molecule has 336 valence electrons. The molecule has 6 aliphatic carbocycles. The topological polar surface area (TPSA) is 226 Å². The first-order chi connectivity index (χ1) is 25.6. The summed E-state index contributed by atoms with van der Waals surface area (Å²) in [6.45, 7) is 11.4. The molecule has 8 fully saturated rings. The summed E-state index contributed by atoms with van der Waals surface area (Å²) in [5.41, 5.74) is 17.9. The van der Waals surface area contributed by atoms with Crippen molar-refractivity contribution in [3.8, 4) is 0 Å². The Labute approximate surface area is 355 Å². The Morgan fingerprint density at radius 2 is 1.07 bits per heavy atom. The number of primary amides is 2. The zero-order valence-corrected chi connectivity index (χ0v) is 35.7. The third-order valence-corrected chi connectivity index (χ3v) is 18.0. The molecule has 4 unspecified atom stereocenters. The lowest BCUT2D eigenvalue weighted by atomic mass is 9.73. The third-order valence-electron chi connectivity index (χ3n) is 18.0. The molecule has 2 saturated heterocycles. The molecule has 0 radical (unpaired) electrons. The van der Waals surface area contributed by atoms with Crippen LogP contribution in [0, 0.1) is 44.3 Å². The van der Waals surface area contributed by atoms with Crippen molar-refractivity contribution >= 4 is 36.1 Å². The monoisotopic (exact) mass is 841 g/mol. The first kappa shape index (κ1) is 50.3.